The van der Waals surface area contributed by atoms with Crippen LogP contribution in [0.2, 0.25) is 0 Å². The number of rotatable bonds is 3. The minimum atomic E-state index is -0.457. The normalized spacial score (nSPS) is 10.6. The summed E-state index contributed by atoms with van der Waals surface area (Å²) in [7, 11) is 0. The molecule has 1 amide bonds. The summed E-state index contributed by atoms with van der Waals surface area (Å²) in [6, 6.07) is 9.15. The van der Waals surface area contributed by atoms with Crippen LogP contribution in [0, 0.1) is 6.92 Å². The van der Waals surface area contributed by atoms with Gasteiger partial charge in [0.2, 0.25) is 5.89 Å². The Hall–Kier alpha value is -3.00. The van der Waals surface area contributed by atoms with E-state index in [2.05, 4.69) is 25.9 Å². The van der Waals surface area contributed by atoms with E-state index in [1.54, 1.807) is 13.0 Å². The molecule has 0 radical (unpaired) electrons. The number of fused-ring (bicyclic) bond motifs is 1. The maximum atomic E-state index is 12.2. The summed E-state index contributed by atoms with van der Waals surface area (Å²) in [5, 5.41) is 11.5. The molecule has 0 spiro atoms. The van der Waals surface area contributed by atoms with Crippen molar-refractivity contribution in [2.45, 2.75) is 6.92 Å². The molecule has 0 atom stereocenters. The number of nitrogen functional groups attached to an aromatic ring is 1. The first-order chi connectivity index (χ1) is 10.2. The molecule has 2 heterocycles. The number of anilines is 2. The molecule has 0 aliphatic heterocycles. The first-order valence-corrected chi connectivity index (χ1v) is 6.15. The molecule has 0 bridgehead atoms. The number of hydrazine groups is 1. The lowest BCUT2D eigenvalue weighted by atomic mass is 10.1. The Labute approximate surface area is 119 Å². The van der Waals surface area contributed by atoms with Crippen molar-refractivity contribution in [2.75, 3.05) is 10.7 Å². The fourth-order valence-electron chi connectivity index (χ4n) is 1.93. The van der Waals surface area contributed by atoms with Crippen molar-refractivity contribution in [2.24, 2.45) is 5.84 Å². The number of nitrogens with zero attached hydrogens (tertiary/aromatic N) is 3. The van der Waals surface area contributed by atoms with E-state index in [0.717, 1.165) is 10.8 Å². The number of nitrogens with one attached hydrogen (secondary N) is 2. The van der Waals surface area contributed by atoms with Gasteiger partial charge in [0.25, 0.3) is 5.91 Å². The van der Waals surface area contributed by atoms with E-state index < -0.39 is 5.91 Å². The van der Waals surface area contributed by atoms with Gasteiger partial charge in [-0.15, -0.1) is 5.10 Å². The number of carbonyl (C=O) groups excluding carboxylic acids is 1. The quantitative estimate of drug-likeness (QED) is 0.492. The van der Waals surface area contributed by atoms with Crippen LogP contribution in [0.4, 0.5) is 11.8 Å². The summed E-state index contributed by atoms with van der Waals surface area (Å²) >= 11 is 0. The largest absolute Gasteiger partial charge is 0.408 e. The van der Waals surface area contributed by atoms with Crippen molar-refractivity contribution in [3.8, 4) is 0 Å². The highest BCUT2D eigenvalue weighted by Gasteiger charge is 2.14. The Kier molecular flexibility index (Phi) is 3.20. The summed E-state index contributed by atoms with van der Waals surface area (Å²) in [5.41, 5.74) is 2.68. The predicted molar refractivity (Wildman–Crippen MR) is 76.5 cm³/mol. The molecule has 1 aromatic carbocycles. The standard InChI is InChI=1S/C13H12N6O2/c1-7-18-19-13(21-7)16-12(20)10-6-8-4-2-3-5-9(8)11(15-10)17-14/h2-6H,14H2,1H3,(H,15,17)(H,16,19,20). The third kappa shape index (κ3) is 2.51. The van der Waals surface area contributed by atoms with E-state index in [0.29, 0.717) is 11.7 Å². The lowest BCUT2D eigenvalue weighted by Crippen LogP contribution is -2.16. The third-order valence-electron chi connectivity index (χ3n) is 2.86. The van der Waals surface area contributed by atoms with Crippen molar-refractivity contribution in [1.29, 1.82) is 0 Å². The number of aromatic nitrogens is 3. The van der Waals surface area contributed by atoms with Gasteiger partial charge in [-0.3, -0.25) is 10.1 Å². The molecule has 0 aliphatic rings. The van der Waals surface area contributed by atoms with Crippen LogP contribution in [0.3, 0.4) is 0 Å². The second kappa shape index (κ2) is 5.17. The van der Waals surface area contributed by atoms with Gasteiger partial charge in [0.15, 0.2) is 0 Å². The zero-order valence-electron chi connectivity index (χ0n) is 11.1. The highest BCUT2D eigenvalue weighted by molar-refractivity contribution is 6.05. The van der Waals surface area contributed by atoms with Gasteiger partial charge in [0, 0.05) is 12.3 Å². The monoisotopic (exact) mass is 284 g/mol. The van der Waals surface area contributed by atoms with Crippen molar-refractivity contribution in [3.05, 3.63) is 41.9 Å². The van der Waals surface area contributed by atoms with Crippen LogP contribution in [0.25, 0.3) is 10.8 Å². The molecule has 8 nitrogen and oxygen atoms in total. The Balaban J connectivity index is 1.98. The molecular weight excluding hydrogens is 272 g/mol. The van der Waals surface area contributed by atoms with Crippen LogP contribution in [0.5, 0.6) is 0 Å². The smallest absolute Gasteiger partial charge is 0.322 e. The van der Waals surface area contributed by atoms with Gasteiger partial charge in [-0.1, -0.05) is 29.4 Å². The first-order valence-electron chi connectivity index (χ1n) is 6.15. The van der Waals surface area contributed by atoms with Crippen LogP contribution in [0.1, 0.15) is 16.4 Å². The lowest BCUT2D eigenvalue weighted by molar-refractivity contribution is 0.101. The molecule has 0 fully saturated rings. The van der Waals surface area contributed by atoms with Crippen LogP contribution < -0.4 is 16.6 Å². The number of carbonyl (C=O) groups is 1. The van der Waals surface area contributed by atoms with Gasteiger partial charge in [0.05, 0.1) is 0 Å². The average molecular weight is 284 g/mol. The third-order valence-corrected chi connectivity index (χ3v) is 2.86. The van der Waals surface area contributed by atoms with Crippen LogP contribution in [-0.2, 0) is 0 Å². The molecular formula is C13H12N6O2. The van der Waals surface area contributed by atoms with E-state index >= 15 is 0 Å². The minimum absolute atomic E-state index is 0.0229. The number of nitrogens with two attached hydrogens (primary N) is 1. The van der Waals surface area contributed by atoms with Crippen molar-refractivity contribution in [1.82, 2.24) is 15.2 Å². The summed E-state index contributed by atoms with van der Waals surface area (Å²) < 4.78 is 5.10. The van der Waals surface area contributed by atoms with E-state index in [-0.39, 0.29) is 11.7 Å². The van der Waals surface area contributed by atoms with Gasteiger partial charge >= 0.3 is 6.01 Å². The van der Waals surface area contributed by atoms with Gasteiger partial charge < -0.3 is 9.84 Å². The van der Waals surface area contributed by atoms with Gasteiger partial charge in [-0.25, -0.2) is 10.8 Å². The number of benzene rings is 1. The van der Waals surface area contributed by atoms with Crippen LogP contribution in [0.15, 0.2) is 34.7 Å². The van der Waals surface area contributed by atoms with Crippen molar-refractivity contribution >= 4 is 28.5 Å². The Morgan fingerprint density at radius 1 is 1.29 bits per heavy atom. The lowest BCUT2D eigenvalue weighted by Gasteiger charge is -2.07. The van der Waals surface area contributed by atoms with E-state index in [4.69, 9.17) is 10.3 Å². The average Bonchev–Trinajstić information content (AvgIpc) is 2.91. The molecule has 0 unspecified atom stereocenters. The summed E-state index contributed by atoms with van der Waals surface area (Å²) in [4.78, 5) is 16.3. The SMILES string of the molecule is Cc1nnc(NC(=O)c2cc3ccccc3c(NN)n2)o1. The minimum Gasteiger partial charge on any atom is -0.408 e. The fourth-order valence-corrected chi connectivity index (χ4v) is 1.93. The zero-order chi connectivity index (χ0) is 14.8. The van der Waals surface area contributed by atoms with Gasteiger partial charge in [0.1, 0.15) is 11.5 Å². The molecule has 2 aromatic heterocycles. The molecule has 8 heteroatoms. The Morgan fingerprint density at radius 3 is 2.81 bits per heavy atom. The molecule has 0 saturated heterocycles. The fraction of sp³-hybridized carbons (Fsp3) is 0.0769. The summed E-state index contributed by atoms with van der Waals surface area (Å²) in [6.45, 7) is 1.63. The highest BCUT2D eigenvalue weighted by atomic mass is 16.4. The molecule has 106 valence electrons. The maximum Gasteiger partial charge on any atom is 0.322 e. The summed E-state index contributed by atoms with van der Waals surface area (Å²) in [5.74, 6) is 5.78. The molecule has 4 N–H and O–H groups in total. The highest BCUT2D eigenvalue weighted by Crippen LogP contribution is 2.22. The number of aryl methyl sites for hydroxylation is 1. The van der Waals surface area contributed by atoms with Crippen LogP contribution in [-0.4, -0.2) is 21.1 Å². The van der Waals surface area contributed by atoms with Crippen LogP contribution >= 0.6 is 0 Å². The maximum absolute atomic E-state index is 12.2. The Bertz CT molecular complexity index is 813. The summed E-state index contributed by atoms with van der Waals surface area (Å²) in [6.07, 6.45) is 0. The first kappa shape index (κ1) is 13.0. The van der Waals surface area contributed by atoms with Gasteiger partial charge in [-0.2, -0.15) is 0 Å². The number of hydrogen-bond acceptors (Lipinski definition) is 7. The molecule has 3 rings (SSSR count). The second-order valence-electron chi connectivity index (χ2n) is 4.30. The molecule has 0 saturated carbocycles. The number of hydrogen-bond donors (Lipinski definition) is 3. The second-order valence-corrected chi connectivity index (χ2v) is 4.30. The Morgan fingerprint density at radius 2 is 2.10 bits per heavy atom. The van der Waals surface area contributed by atoms with Crippen molar-refractivity contribution < 1.29 is 9.21 Å². The number of pyridine rings is 1. The van der Waals surface area contributed by atoms with E-state index in [1.807, 2.05) is 24.3 Å². The van der Waals surface area contributed by atoms with Crippen molar-refractivity contribution in [3.63, 3.8) is 0 Å². The predicted octanol–water partition coefficient (Wildman–Crippen LogP) is 1.46. The number of amides is 1. The molecule has 0 aliphatic carbocycles. The van der Waals surface area contributed by atoms with E-state index in [1.165, 1.54) is 0 Å². The molecule has 21 heavy (non-hydrogen) atoms. The zero-order valence-corrected chi connectivity index (χ0v) is 11.1. The molecule has 3 aromatic rings. The van der Waals surface area contributed by atoms with Gasteiger partial charge in [-0.05, 0) is 11.5 Å². The van der Waals surface area contributed by atoms with E-state index in [9.17, 15) is 4.79 Å². The topological polar surface area (TPSA) is 119 Å².